The van der Waals surface area contributed by atoms with Gasteiger partial charge in [0.2, 0.25) is 11.8 Å². The van der Waals surface area contributed by atoms with E-state index in [0.29, 0.717) is 5.92 Å². The zero-order chi connectivity index (χ0) is 30.1. The van der Waals surface area contributed by atoms with Gasteiger partial charge in [-0.2, -0.15) is 0 Å². The molecule has 2 N–H and O–H groups in total. The zero-order valence-electron chi connectivity index (χ0n) is 26.6. The topological polar surface area (TPSA) is 87.7 Å². The molecular formula is C32H55N3O4. The second kappa shape index (κ2) is 15.3. The summed E-state index contributed by atoms with van der Waals surface area (Å²) in [5.74, 6) is -0.255. The molecule has 0 bridgehead atoms. The highest BCUT2D eigenvalue weighted by Crippen LogP contribution is 2.30. The van der Waals surface area contributed by atoms with Crippen molar-refractivity contribution in [2.75, 3.05) is 0 Å². The van der Waals surface area contributed by atoms with Gasteiger partial charge in [0.15, 0.2) is 0 Å². The maximum Gasteiger partial charge on any atom is 0.408 e. The van der Waals surface area contributed by atoms with E-state index in [9.17, 15) is 14.4 Å². The number of ether oxygens (including phenoxy) is 1. The zero-order valence-corrected chi connectivity index (χ0v) is 26.6. The SMILES string of the molecule is CCCC(C)NC(=O)C(c1cc(C)cc(C)c1)N(C(=O)C(NC(=O)OC(C)(C)C)C(C)C)C(C)CCC(C)C. The molecule has 0 aliphatic carbocycles. The third-order valence-electron chi connectivity index (χ3n) is 6.69. The predicted molar refractivity (Wildman–Crippen MR) is 160 cm³/mol. The van der Waals surface area contributed by atoms with Crippen molar-refractivity contribution in [1.29, 1.82) is 0 Å². The highest BCUT2D eigenvalue weighted by molar-refractivity contribution is 5.92. The number of hydrogen-bond donors (Lipinski definition) is 2. The van der Waals surface area contributed by atoms with Crippen LogP contribution >= 0.6 is 0 Å². The highest BCUT2D eigenvalue weighted by Gasteiger charge is 2.40. The second-order valence-electron chi connectivity index (χ2n) is 13.0. The Balaban J connectivity index is 3.68. The van der Waals surface area contributed by atoms with Crippen LogP contribution in [0.4, 0.5) is 4.79 Å². The maximum atomic E-state index is 14.4. The summed E-state index contributed by atoms with van der Waals surface area (Å²) in [4.78, 5) is 43.0. The van der Waals surface area contributed by atoms with Gasteiger partial charge in [-0.3, -0.25) is 9.59 Å². The van der Waals surface area contributed by atoms with Gasteiger partial charge in [-0.1, -0.05) is 70.4 Å². The van der Waals surface area contributed by atoms with E-state index in [1.54, 1.807) is 25.7 Å². The standard InChI is InChI=1S/C32H55N3O4/c1-13-14-24(8)33-29(36)28(26-18-22(6)17-23(7)19-26)35(25(9)16-15-20(2)3)30(37)27(21(4)5)34-31(38)39-32(10,11)12/h17-21,24-25,27-28H,13-16H2,1-12H3,(H,33,36)(H,34,38). The fourth-order valence-corrected chi connectivity index (χ4v) is 4.85. The van der Waals surface area contributed by atoms with Crippen LogP contribution in [-0.4, -0.2) is 46.5 Å². The van der Waals surface area contributed by atoms with Crippen LogP contribution in [0.15, 0.2) is 18.2 Å². The first-order chi connectivity index (χ1) is 18.0. The Morgan fingerprint density at radius 3 is 1.90 bits per heavy atom. The molecule has 4 atom stereocenters. The minimum Gasteiger partial charge on any atom is -0.444 e. The largest absolute Gasteiger partial charge is 0.444 e. The van der Waals surface area contributed by atoms with Crippen LogP contribution in [0.1, 0.15) is 118 Å². The van der Waals surface area contributed by atoms with Gasteiger partial charge < -0.3 is 20.3 Å². The Hall–Kier alpha value is -2.57. The molecule has 0 aliphatic rings. The Bertz CT molecular complexity index is 931. The molecule has 1 aromatic rings. The van der Waals surface area contributed by atoms with Crippen LogP contribution < -0.4 is 10.6 Å². The van der Waals surface area contributed by atoms with E-state index >= 15 is 0 Å². The van der Waals surface area contributed by atoms with Crippen molar-refractivity contribution in [3.8, 4) is 0 Å². The van der Waals surface area contributed by atoms with E-state index < -0.39 is 23.8 Å². The molecule has 0 spiro atoms. The van der Waals surface area contributed by atoms with E-state index in [0.717, 1.165) is 42.4 Å². The first-order valence-electron chi connectivity index (χ1n) is 14.7. The molecule has 0 aliphatic heterocycles. The van der Waals surface area contributed by atoms with E-state index in [4.69, 9.17) is 4.74 Å². The molecule has 7 heteroatoms. The lowest BCUT2D eigenvalue weighted by atomic mass is 9.93. The number of carbonyl (C=O) groups excluding carboxylic acids is 3. The summed E-state index contributed by atoms with van der Waals surface area (Å²) >= 11 is 0. The molecule has 3 amide bonds. The maximum absolute atomic E-state index is 14.4. The monoisotopic (exact) mass is 545 g/mol. The minimum atomic E-state index is -0.851. The van der Waals surface area contributed by atoms with E-state index in [1.165, 1.54) is 0 Å². The molecule has 222 valence electrons. The number of rotatable bonds is 13. The summed E-state index contributed by atoms with van der Waals surface area (Å²) in [5.41, 5.74) is 2.13. The van der Waals surface area contributed by atoms with E-state index in [1.807, 2.05) is 53.7 Å². The fraction of sp³-hybridized carbons (Fsp3) is 0.719. The van der Waals surface area contributed by atoms with Crippen LogP contribution in [0.5, 0.6) is 0 Å². The van der Waals surface area contributed by atoms with Crippen LogP contribution in [0, 0.1) is 25.7 Å². The Morgan fingerprint density at radius 2 is 1.44 bits per heavy atom. The summed E-state index contributed by atoms with van der Waals surface area (Å²) in [5, 5.41) is 5.99. The molecule has 0 fully saturated rings. The van der Waals surface area contributed by atoms with Crippen molar-refractivity contribution in [3.63, 3.8) is 0 Å². The third-order valence-corrected chi connectivity index (χ3v) is 6.69. The van der Waals surface area contributed by atoms with Crippen molar-refractivity contribution in [1.82, 2.24) is 15.5 Å². The molecular weight excluding hydrogens is 490 g/mol. The molecule has 0 saturated carbocycles. The molecule has 4 unspecified atom stereocenters. The summed E-state index contributed by atoms with van der Waals surface area (Å²) < 4.78 is 5.49. The van der Waals surface area contributed by atoms with Crippen LogP contribution in [-0.2, 0) is 14.3 Å². The highest BCUT2D eigenvalue weighted by atomic mass is 16.6. The van der Waals surface area contributed by atoms with Gasteiger partial charge in [0.05, 0.1) is 0 Å². The van der Waals surface area contributed by atoms with Crippen molar-refractivity contribution < 1.29 is 19.1 Å². The number of hydrogen-bond acceptors (Lipinski definition) is 4. The molecule has 1 aromatic carbocycles. The quantitative estimate of drug-likeness (QED) is 0.284. The molecule has 0 heterocycles. The first kappa shape index (κ1) is 34.5. The van der Waals surface area contributed by atoms with Gasteiger partial charge in [-0.05, 0) is 85.1 Å². The van der Waals surface area contributed by atoms with Gasteiger partial charge in [-0.15, -0.1) is 0 Å². The summed E-state index contributed by atoms with van der Waals surface area (Å²) in [6.45, 7) is 23.5. The number of alkyl carbamates (subject to hydrolysis) is 1. The Morgan fingerprint density at radius 1 is 0.872 bits per heavy atom. The normalized spacial score (nSPS) is 14.9. The summed E-state index contributed by atoms with van der Waals surface area (Å²) in [6, 6.07) is 4.09. The number of carbonyl (C=O) groups is 3. The van der Waals surface area contributed by atoms with Crippen molar-refractivity contribution in [2.24, 2.45) is 11.8 Å². The second-order valence-corrected chi connectivity index (χ2v) is 13.0. The summed E-state index contributed by atoms with van der Waals surface area (Å²) in [7, 11) is 0. The van der Waals surface area contributed by atoms with Crippen LogP contribution in [0.2, 0.25) is 0 Å². The van der Waals surface area contributed by atoms with Crippen molar-refractivity contribution in [3.05, 3.63) is 34.9 Å². The molecule has 0 aromatic heterocycles. The lowest BCUT2D eigenvalue weighted by Crippen LogP contribution is -2.57. The number of nitrogens with zero attached hydrogens (tertiary/aromatic N) is 1. The number of aryl methyl sites for hydroxylation is 2. The molecule has 0 radical (unpaired) electrons. The van der Waals surface area contributed by atoms with Crippen LogP contribution in [0.3, 0.4) is 0 Å². The Kier molecular flexibility index (Phi) is 13.5. The third kappa shape index (κ3) is 11.6. The van der Waals surface area contributed by atoms with Gasteiger partial charge in [0, 0.05) is 12.1 Å². The van der Waals surface area contributed by atoms with E-state index in [-0.39, 0.29) is 29.8 Å². The van der Waals surface area contributed by atoms with Gasteiger partial charge in [-0.25, -0.2) is 4.79 Å². The average molecular weight is 546 g/mol. The smallest absolute Gasteiger partial charge is 0.408 e. The molecule has 0 saturated heterocycles. The van der Waals surface area contributed by atoms with Crippen molar-refractivity contribution >= 4 is 17.9 Å². The number of benzene rings is 1. The lowest BCUT2D eigenvalue weighted by Gasteiger charge is -2.40. The fourth-order valence-electron chi connectivity index (χ4n) is 4.85. The molecule has 7 nitrogen and oxygen atoms in total. The van der Waals surface area contributed by atoms with E-state index in [2.05, 4.69) is 37.5 Å². The Labute approximate surface area is 237 Å². The predicted octanol–water partition coefficient (Wildman–Crippen LogP) is 6.85. The number of nitrogens with one attached hydrogen (secondary N) is 2. The molecule has 1 rings (SSSR count). The van der Waals surface area contributed by atoms with Gasteiger partial charge in [0.1, 0.15) is 17.7 Å². The van der Waals surface area contributed by atoms with Gasteiger partial charge >= 0.3 is 6.09 Å². The van der Waals surface area contributed by atoms with Crippen LogP contribution in [0.25, 0.3) is 0 Å². The van der Waals surface area contributed by atoms with Gasteiger partial charge in [0.25, 0.3) is 0 Å². The first-order valence-corrected chi connectivity index (χ1v) is 14.7. The summed E-state index contributed by atoms with van der Waals surface area (Å²) in [6.07, 6.45) is 2.78. The lowest BCUT2D eigenvalue weighted by molar-refractivity contribution is -0.146. The minimum absolute atomic E-state index is 0.0281. The van der Waals surface area contributed by atoms with Crippen molar-refractivity contribution in [2.45, 2.75) is 139 Å². The molecule has 39 heavy (non-hydrogen) atoms. The average Bonchev–Trinajstić information content (AvgIpc) is 2.76. The number of amides is 3.